The lowest BCUT2D eigenvalue weighted by molar-refractivity contribution is -0.125. The second kappa shape index (κ2) is 8.75. The summed E-state index contributed by atoms with van der Waals surface area (Å²) in [6.45, 7) is 7.63. The van der Waals surface area contributed by atoms with E-state index < -0.39 is 28.0 Å². The van der Waals surface area contributed by atoms with Gasteiger partial charge in [0.05, 0.1) is 10.5 Å². The summed E-state index contributed by atoms with van der Waals surface area (Å²) in [5.41, 5.74) is 6.95. The second-order valence-electron chi connectivity index (χ2n) is 7.75. The average Bonchev–Trinajstić information content (AvgIpc) is 2.66. The van der Waals surface area contributed by atoms with Crippen molar-refractivity contribution < 1.29 is 22.7 Å². The number of sulfonamides is 1. The first kappa shape index (κ1) is 22.6. The van der Waals surface area contributed by atoms with E-state index in [1.54, 1.807) is 24.3 Å². The molecule has 0 heterocycles. The van der Waals surface area contributed by atoms with Crippen LogP contribution >= 0.6 is 0 Å². The number of hydrogen-bond acceptors (Lipinski definition) is 5. The molecule has 0 aliphatic carbocycles. The Balaban J connectivity index is 2.02. The van der Waals surface area contributed by atoms with E-state index in [9.17, 15) is 18.0 Å². The van der Waals surface area contributed by atoms with Gasteiger partial charge in [0.2, 0.25) is 10.0 Å². The highest BCUT2D eigenvalue weighted by Gasteiger charge is 2.18. The molecule has 2 aromatic rings. The molecule has 0 aromatic heterocycles. The lowest BCUT2D eigenvalue weighted by Gasteiger charge is -2.19. The molecule has 2 rings (SSSR count). The van der Waals surface area contributed by atoms with E-state index >= 15 is 0 Å². The second-order valence-corrected chi connectivity index (χ2v) is 9.51. The fourth-order valence-corrected chi connectivity index (χ4v) is 3.46. The first-order valence-corrected chi connectivity index (χ1v) is 10.6. The van der Waals surface area contributed by atoms with Gasteiger partial charge in [0, 0.05) is 6.54 Å². The molecule has 0 saturated heterocycles. The van der Waals surface area contributed by atoms with Crippen LogP contribution < -0.4 is 10.5 Å². The topological polar surface area (TPSA) is 116 Å². The highest BCUT2D eigenvalue weighted by atomic mass is 32.2. The molecule has 156 valence electrons. The zero-order chi connectivity index (χ0) is 21.8. The van der Waals surface area contributed by atoms with E-state index in [-0.39, 0.29) is 22.4 Å². The van der Waals surface area contributed by atoms with E-state index in [4.69, 9.17) is 10.5 Å². The van der Waals surface area contributed by atoms with Crippen LogP contribution in [0.4, 0.5) is 0 Å². The molecule has 0 saturated carbocycles. The fourth-order valence-electron chi connectivity index (χ4n) is 2.44. The molecule has 0 radical (unpaired) electrons. The van der Waals surface area contributed by atoms with E-state index in [1.807, 2.05) is 12.1 Å². The van der Waals surface area contributed by atoms with Crippen molar-refractivity contribution in [2.75, 3.05) is 0 Å². The summed E-state index contributed by atoms with van der Waals surface area (Å²) in [4.78, 5) is 23.1. The Bertz CT molecular complexity index is 975. The molecular weight excluding hydrogens is 392 g/mol. The Labute approximate surface area is 171 Å². The molecule has 0 bridgehead atoms. The Kier molecular flexibility index (Phi) is 6.81. The minimum atomic E-state index is -3.67. The standard InChI is InChI=1S/C21H26N2O5S/c1-14(19(22)24)28-20(25)16-7-5-15(6-8-16)13-23-29(26,27)18-11-9-17(10-12-18)21(2,3)4/h5-12,14,23H,13H2,1-4H3,(H2,22,24)/t14-/m0/s1. The number of amides is 1. The minimum Gasteiger partial charge on any atom is -0.449 e. The Morgan fingerprint density at radius 2 is 1.59 bits per heavy atom. The summed E-state index contributed by atoms with van der Waals surface area (Å²) in [6, 6.07) is 13.0. The van der Waals surface area contributed by atoms with E-state index in [0.29, 0.717) is 5.56 Å². The molecule has 0 unspecified atom stereocenters. The van der Waals surface area contributed by atoms with Gasteiger partial charge in [-0.1, -0.05) is 45.0 Å². The fraction of sp³-hybridized carbons (Fsp3) is 0.333. The van der Waals surface area contributed by atoms with Crippen molar-refractivity contribution in [2.45, 2.75) is 50.7 Å². The van der Waals surface area contributed by atoms with Gasteiger partial charge in [-0.15, -0.1) is 0 Å². The number of primary amides is 1. The van der Waals surface area contributed by atoms with Crippen LogP contribution in [0, 0.1) is 0 Å². The maximum Gasteiger partial charge on any atom is 0.338 e. The molecule has 3 N–H and O–H groups in total. The third-order valence-corrected chi connectivity index (χ3v) is 5.79. The minimum absolute atomic E-state index is 0.0617. The Hall–Kier alpha value is -2.71. The average molecular weight is 419 g/mol. The van der Waals surface area contributed by atoms with Crippen molar-refractivity contribution in [3.8, 4) is 0 Å². The normalized spacial score (nSPS) is 13.0. The summed E-state index contributed by atoms with van der Waals surface area (Å²) >= 11 is 0. The van der Waals surface area contributed by atoms with Gasteiger partial charge >= 0.3 is 5.97 Å². The largest absolute Gasteiger partial charge is 0.449 e. The van der Waals surface area contributed by atoms with Gasteiger partial charge in [-0.2, -0.15) is 0 Å². The van der Waals surface area contributed by atoms with Crippen molar-refractivity contribution in [1.82, 2.24) is 4.72 Å². The highest BCUT2D eigenvalue weighted by molar-refractivity contribution is 7.89. The number of hydrogen-bond donors (Lipinski definition) is 2. The lowest BCUT2D eigenvalue weighted by atomic mass is 9.87. The number of carbonyl (C=O) groups excluding carboxylic acids is 2. The van der Waals surface area contributed by atoms with E-state index in [1.165, 1.54) is 19.1 Å². The van der Waals surface area contributed by atoms with Crippen molar-refractivity contribution in [3.63, 3.8) is 0 Å². The molecule has 0 aliphatic heterocycles. The number of rotatable bonds is 7. The molecule has 8 heteroatoms. The Morgan fingerprint density at radius 1 is 1.03 bits per heavy atom. The molecular formula is C21H26N2O5S. The summed E-state index contributed by atoms with van der Waals surface area (Å²) in [7, 11) is -3.67. The number of nitrogens with two attached hydrogens (primary N) is 1. The van der Waals surface area contributed by atoms with Gasteiger partial charge in [0.25, 0.3) is 5.91 Å². The predicted molar refractivity (Wildman–Crippen MR) is 110 cm³/mol. The summed E-state index contributed by atoms with van der Waals surface area (Å²) in [6.07, 6.45) is -1.03. The third-order valence-electron chi connectivity index (χ3n) is 4.37. The molecule has 29 heavy (non-hydrogen) atoms. The van der Waals surface area contributed by atoms with Crippen LogP contribution in [0.1, 0.15) is 49.2 Å². The van der Waals surface area contributed by atoms with Crippen molar-refractivity contribution in [1.29, 1.82) is 0 Å². The van der Waals surface area contributed by atoms with Crippen LogP contribution in [0.3, 0.4) is 0 Å². The number of ether oxygens (including phenoxy) is 1. The van der Waals surface area contributed by atoms with Crippen LogP contribution in [0.5, 0.6) is 0 Å². The summed E-state index contributed by atoms with van der Waals surface area (Å²) < 4.78 is 32.5. The number of nitrogens with one attached hydrogen (secondary N) is 1. The van der Waals surface area contributed by atoms with Crippen LogP contribution in [-0.2, 0) is 31.5 Å². The van der Waals surface area contributed by atoms with Gasteiger partial charge < -0.3 is 10.5 Å². The maximum atomic E-state index is 12.5. The number of carbonyl (C=O) groups is 2. The van der Waals surface area contributed by atoms with Crippen LogP contribution in [0.15, 0.2) is 53.4 Å². The highest BCUT2D eigenvalue weighted by Crippen LogP contribution is 2.23. The van der Waals surface area contributed by atoms with Crippen molar-refractivity contribution in [2.24, 2.45) is 5.73 Å². The number of esters is 1. The van der Waals surface area contributed by atoms with E-state index in [2.05, 4.69) is 25.5 Å². The lowest BCUT2D eigenvalue weighted by Crippen LogP contribution is -2.30. The number of benzene rings is 2. The van der Waals surface area contributed by atoms with Gasteiger partial charge in [0.1, 0.15) is 0 Å². The molecule has 7 nitrogen and oxygen atoms in total. The third kappa shape index (κ3) is 6.13. The van der Waals surface area contributed by atoms with Crippen molar-refractivity contribution >= 4 is 21.9 Å². The smallest absolute Gasteiger partial charge is 0.338 e. The zero-order valence-corrected chi connectivity index (χ0v) is 17.7. The molecule has 0 fully saturated rings. The van der Waals surface area contributed by atoms with Crippen LogP contribution in [-0.4, -0.2) is 26.4 Å². The molecule has 2 aromatic carbocycles. The Morgan fingerprint density at radius 3 is 2.07 bits per heavy atom. The summed E-state index contributed by atoms with van der Waals surface area (Å²) in [5.74, 6) is -1.41. The maximum absolute atomic E-state index is 12.5. The SMILES string of the molecule is C[C@H](OC(=O)c1ccc(CNS(=O)(=O)c2ccc(C(C)(C)C)cc2)cc1)C(N)=O. The first-order chi connectivity index (χ1) is 13.4. The predicted octanol–water partition coefficient (Wildman–Crippen LogP) is 2.49. The summed E-state index contributed by atoms with van der Waals surface area (Å²) in [5, 5.41) is 0. The monoisotopic (exact) mass is 418 g/mol. The molecule has 0 aliphatic rings. The van der Waals surface area contributed by atoms with Crippen LogP contribution in [0.25, 0.3) is 0 Å². The van der Waals surface area contributed by atoms with Gasteiger partial charge in [-0.3, -0.25) is 4.79 Å². The van der Waals surface area contributed by atoms with Crippen molar-refractivity contribution in [3.05, 3.63) is 65.2 Å². The van der Waals surface area contributed by atoms with E-state index in [0.717, 1.165) is 5.56 Å². The molecule has 1 atom stereocenters. The van der Waals surface area contributed by atoms with Gasteiger partial charge in [-0.25, -0.2) is 17.9 Å². The zero-order valence-electron chi connectivity index (χ0n) is 16.9. The quantitative estimate of drug-likeness (QED) is 0.670. The molecule has 0 spiro atoms. The van der Waals surface area contributed by atoms with Gasteiger partial charge in [0.15, 0.2) is 6.10 Å². The molecule has 1 amide bonds. The van der Waals surface area contributed by atoms with Crippen LogP contribution in [0.2, 0.25) is 0 Å². The first-order valence-electron chi connectivity index (χ1n) is 9.09. The van der Waals surface area contributed by atoms with Gasteiger partial charge in [-0.05, 0) is 47.7 Å².